The van der Waals surface area contributed by atoms with Gasteiger partial charge in [-0.15, -0.1) is 0 Å². The molecule has 0 bridgehead atoms. The Bertz CT molecular complexity index is 298. The summed E-state index contributed by atoms with van der Waals surface area (Å²) in [5, 5.41) is 6.45. The van der Waals surface area contributed by atoms with Crippen LogP contribution in [0.25, 0.3) is 0 Å². The van der Waals surface area contributed by atoms with Crippen LogP contribution in [0.5, 0.6) is 0 Å². The average Bonchev–Trinajstić information content (AvgIpc) is 2.62. The molecule has 1 atom stereocenters. The SMILES string of the molecule is O=S1(=O)CCNCCN1CC1CCCN1. The third kappa shape index (κ3) is 2.90. The molecule has 1 unspecified atom stereocenters. The second-order valence-electron chi connectivity index (χ2n) is 4.22. The Kier molecular flexibility index (Phi) is 3.60. The van der Waals surface area contributed by atoms with Crippen LogP contribution in [0.3, 0.4) is 0 Å². The minimum Gasteiger partial charge on any atom is -0.314 e. The molecule has 0 aromatic heterocycles. The smallest absolute Gasteiger partial charge is 0.215 e. The largest absolute Gasteiger partial charge is 0.314 e. The summed E-state index contributed by atoms with van der Waals surface area (Å²) in [7, 11) is -3.02. The Labute approximate surface area is 91.3 Å². The Balaban J connectivity index is 1.98. The van der Waals surface area contributed by atoms with Gasteiger partial charge in [-0.05, 0) is 19.4 Å². The van der Waals surface area contributed by atoms with Crippen molar-refractivity contribution in [2.24, 2.45) is 0 Å². The van der Waals surface area contributed by atoms with Crippen LogP contribution in [0.1, 0.15) is 12.8 Å². The van der Waals surface area contributed by atoms with Crippen molar-refractivity contribution in [2.45, 2.75) is 18.9 Å². The van der Waals surface area contributed by atoms with Crippen LogP contribution in [0.15, 0.2) is 0 Å². The van der Waals surface area contributed by atoms with E-state index >= 15 is 0 Å². The highest BCUT2D eigenvalue weighted by Crippen LogP contribution is 2.11. The topological polar surface area (TPSA) is 61.4 Å². The van der Waals surface area contributed by atoms with Gasteiger partial charge >= 0.3 is 0 Å². The third-order valence-corrected chi connectivity index (χ3v) is 4.89. The van der Waals surface area contributed by atoms with E-state index in [1.807, 2.05) is 0 Å². The first kappa shape index (κ1) is 11.3. The standard InChI is InChI=1S/C9H19N3O2S/c13-15(14)7-5-10-4-6-12(15)8-9-2-1-3-11-9/h9-11H,1-8H2. The van der Waals surface area contributed by atoms with Gasteiger partial charge < -0.3 is 10.6 Å². The molecule has 15 heavy (non-hydrogen) atoms. The van der Waals surface area contributed by atoms with E-state index in [1.165, 1.54) is 0 Å². The van der Waals surface area contributed by atoms with Gasteiger partial charge in [0, 0.05) is 32.2 Å². The Morgan fingerprint density at radius 2 is 2.13 bits per heavy atom. The van der Waals surface area contributed by atoms with E-state index in [0.29, 0.717) is 25.7 Å². The van der Waals surface area contributed by atoms with Gasteiger partial charge in [-0.25, -0.2) is 8.42 Å². The Morgan fingerprint density at radius 1 is 1.27 bits per heavy atom. The fourth-order valence-corrected chi connectivity index (χ4v) is 3.60. The van der Waals surface area contributed by atoms with Crippen molar-refractivity contribution >= 4 is 10.0 Å². The Hall–Kier alpha value is -0.170. The molecule has 2 aliphatic rings. The van der Waals surface area contributed by atoms with Gasteiger partial charge in [0.1, 0.15) is 0 Å². The second kappa shape index (κ2) is 4.78. The summed E-state index contributed by atoms with van der Waals surface area (Å²) in [6, 6.07) is 0.359. The van der Waals surface area contributed by atoms with Crippen LogP contribution in [0, 0.1) is 0 Å². The van der Waals surface area contributed by atoms with Gasteiger partial charge in [0.25, 0.3) is 0 Å². The summed E-state index contributed by atoms with van der Waals surface area (Å²) >= 11 is 0. The molecule has 2 aliphatic heterocycles. The molecule has 2 saturated heterocycles. The minimum atomic E-state index is -3.02. The molecule has 2 rings (SSSR count). The summed E-state index contributed by atoms with van der Waals surface area (Å²) in [5.74, 6) is 0.236. The van der Waals surface area contributed by atoms with E-state index in [9.17, 15) is 8.42 Å². The number of nitrogens with one attached hydrogen (secondary N) is 2. The van der Waals surface area contributed by atoms with Crippen molar-refractivity contribution in [3.8, 4) is 0 Å². The van der Waals surface area contributed by atoms with E-state index in [4.69, 9.17) is 0 Å². The predicted molar refractivity (Wildman–Crippen MR) is 59.3 cm³/mol. The van der Waals surface area contributed by atoms with Crippen molar-refractivity contribution in [2.75, 3.05) is 38.5 Å². The molecule has 88 valence electrons. The first-order chi connectivity index (χ1) is 7.18. The van der Waals surface area contributed by atoms with Gasteiger partial charge in [-0.1, -0.05) is 0 Å². The van der Waals surface area contributed by atoms with Crippen molar-refractivity contribution in [1.82, 2.24) is 14.9 Å². The van der Waals surface area contributed by atoms with Crippen LogP contribution in [-0.4, -0.2) is 57.2 Å². The summed E-state index contributed by atoms with van der Waals surface area (Å²) < 4.78 is 25.3. The maximum atomic E-state index is 11.8. The lowest BCUT2D eigenvalue weighted by Gasteiger charge is -2.22. The predicted octanol–water partition coefficient (Wildman–Crippen LogP) is -1.03. The van der Waals surface area contributed by atoms with Crippen molar-refractivity contribution in [3.63, 3.8) is 0 Å². The van der Waals surface area contributed by atoms with Gasteiger partial charge in [-0.3, -0.25) is 0 Å². The van der Waals surface area contributed by atoms with E-state index in [2.05, 4.69) is 10.6 Å². The van der Waals surface area contributed by atoms with Gasteiger partial charge in [0.2, 0.25) is 10.0 Å². The number of rotatable bonds is 2. The molecular formula is C9H19N3O2S. The summed E-state index contributed by atoms with van der Waals surface area (Å²) in [6.45, 7) is 3.63. The van der Waals surface area contributed by atoms with Gasteiger partial charge in [0.15, 0.2) is 0 Å². The van der Waals surface area contributed by atoms with Crippen LogP contribution >= 0.6 is 0 Å². The van der Waals surface area contributed by atoms with Gasteiger partial charge in [-0.2, -0.15) is 4.31 Å². The van der Waals surface area contributed by atoms with E-state index in [1.54, 1.807) is 4.31 Å². The summed E-state index contributed by atoms with van der Waals surface area (Å²) in [5.41, 5.74) is 0. The molecule has 6 heteroatoms. The third-order valence-electron chi connectivity index (χ3n) is 3.05. The fraction of sp³-hybridized carbons (Fsp3) is 1.00. The monoisotopic (exact) mass is 233 g/mol. The lowest BCUT2D eigenvalue weighted by molar-refractivity contribution is 0.376. The number of sulfonamides is 1. The van der Waals surface area contributed by atoms with Crippen molar-refractivity contribution in [1.29, 1.82) is 0 Å². The fourth-order valence-electron chi connectivity index (χ4n) is 2.16. The molecule has 0 radical (unpaired) electrons. The highest BCUT2D eigenvalue weighted by atomic mass is 32.2. The molecular weight excluding hydrogens is 214 g/mol. The normalized spacial score (nSPS) is 32.7. The zero-order valence-corrected chi connectivity index (χ0v) is 9.72. The zero-order valence-electron chi connectivity index (χ0n) is 8.91. The van der Waals surface area contributed by atoms with Crippen molar-refractivity contribution in [3.05, 3.63) is 0 Å². The van der Waals surface area contributed by atoms with Crippen LogP contribution in [-0.2, 0) is 10.0 Å². The number of hydrogen-bond donors (Lipinski definition) is 2. The van der Waals surface area contributed by atoms with E-state index in [-0.39, 0.29) is 5.75 Å². The van der Waals surface area contributed by atoms with E-state index < -0.39 is 10.0 Å². The van der Waals surface area contributed by atoms with Crippen LogP contribution in [0.4, 0.5) is 0 Å². The van der Waals surface area contributed by atoms with Gasteiger partial charge in [0.05, 0.1) is 5.75 Å². The first-order valence-electron chi connectivity index (χ1n) is 5.60. The summed E-state index contributed by atoms with van der Waals surface area (Å²) in [6.07, 6.45) is 2.26. The molecule has 0 saturated carbocycles. The molecule has 0 spiro atoms. The zero-order chi connectivity index (χ0) is 10.7. The number of nitrogens with zero attached hydrogens (tertiary/aromatic N) is 1. The van der Waals surface area contributed by atoms with E-state index in [0.717, 1.165) is 25.9 Å². The highest BCUT2D eigenvalue weighted by molar-refractivity contribution is 7.89. The molecule has 2 fully saturated rings. The van der Waals surface area contributed by atoms with Crippen LogP contribution < -0.4 is 10.6 Å². The maximum Gasteiger partial charge on any atom is 0.215 e. The Morgan fingerprint density at radius 3 is 2.87 bits per heavy atom. The lowest BCUT2D eigenvalue weighted by atomic mass is 10.2. The molecule has 0 amide bonds. The highest BCUT2D eigenvalue weighted by Gasteiger charge is 2.27. The quantitative estimate of drug-likeness (QED) is 0.640. The minimum absolute atomic E-state index is 0.236. The lowest BCUT2D eigenvalue weighted by Crippen LogP contribution is -2.42. The molecule has 2 heterocycles. The molecule has 0 aliphatic carbocycles. The van der Waals surface area contributed by atoms with Crippen molar-refractivity contribution < 1.29 is 8.42 Å². The second-order valence-corrected chi connectivity index (χ2v) is 6.31. The summed E-state index contributed by atoms with van der Waals surface area (Å²) in [4.78, 5) is 0. The first-order valence-corrected chi connectivity index (χ1v) is 7.21. The molecule has 0 aromatic carbocycles. The molecule has 2 N–H and O–H groups in total. The molecule has 5 nitrogen and oxygen atoms in total. The molecule has 0 aromatic rings. The number of hydrogen-bond acceptors (Lipinski definition) is 4. The van der Waals surface area contributed by atoms with Crippen LogP contribution in [0.2, 0.25) is 0 Å². The average molecular weight is 233 g/mol. The maximum absolute atomic E-state index is 11.8.